The summed E-state index contributed by atoms with van der Waals surface area (Å²) in [4.78, 5) is 5.58. The summed E-state index contributed by atoms with van der Waals surface area (Å²) in [5, 5.41) is 18.4. The summed E-state index contributed by atoms with van der Waals surface area (Å²) < 4.78 is 100. The summed E-state index contributed by atoms with van der Waals surface area (Å²) in [5.41, 5.74) is 12.8. The minimum Gasteiger partial charge on any atom is -0.365 e. The molecule has 0 aromatic carbocycles. The van der Waals surface area contributed by atoms with Crippen molar-refractivity contribution in [1.82, 2.24) is 0 Å². The summed E-state index contributed by atoms with van der Waals surface area (Å²) in [5.74, 6) is -2.70. The molecule has 2 aliphatic heterocycles. The normalized spacial score (nSPS) is 32.4. The second-order valence-electron chi connectivity index (χ2n) is 11.7. The van der Waals surface area contributed by atoms with E-state index in [0.717, 1.165) is 12.8 Å². The topological polar surface area (TPSA) is 207 Å². The summed E-state index contributed by atoms with van der Waals surface area (Å²) in [7, 11) is -6.21. The van der Waals surface area contributed by atoms with E-state index in [4.69, 9.17) is 27.9 Å². The Labute approximate surface area is 253 Å². The highest BCUT2D eigenvalue weighted by atomic mass is 32.2. The Kier molecular flexibility index (Phi) is 11.3. The Hall–Kier alpha value is -1.92. The molecule has 4 rings (SSSR count). The summed E-state index contributed by atoms with van der Waals surface area (Å²) in [6.07, 6.45) is -2.17. The van der Waals surface area contributed by atoms with Crippen LogP contribution >= 0.6 is 0 Å². The van der Waals surface area contributed by atoms with Crippen LogP contribution in [0.25, 0.3) is 20.9 Å². The fourth-order valence-corrected chi connectivity index (χ4v) is 7.02. The van der Waals surface area contributed by atoms with Crippen molar-refractivity contribution in [1.29, 1.82) is 0 Å². The van der Waals surface area contributed by atoms with E-state index in [9.17, 15) is 37.8 Å². The molecule has 0 amide bonds. The van der Waals surface area contributed by atoms with Crippen LogP contribution in [0.3, 0.4) is 0 Å². The molecule has 2 saturated carbocycles. The SMILES string of the molecule is CCC(N=[N+]=[N-])[C@@H](O[C@H]1OC2COC3(CCCCC3)O[C@H]2[C@H](OS(=O)(=O)C(F)(F)F)C1N=[N+]=[N-])[C@@H](C)OC1(O)CCCCC1. The van der Waals surface area contributed by atoms with Crippen LogP contribution < -0.4 is 0 Å². The van der Waals surface area contributed by atoms with Crippen molar-refractivity contribution in [3.05, 3.63) is 20.9 Å². The number of aliphatic hydroxyl groups is 1. The van der Waals surface area contributed by atoms with Crippen molar-refractivity contribution in [2.24, 2.45) is 10.2 Å². The maximum atomic E-state index is 13.6. The first-order chi connectivity index (χ1) is 20.8. The van der Waals surface area contributed by atoms with Crippen molar-refractivity contribution < 1.29 is 54.6 Å². The lowest BCUT2D eigenvalue weighted by atomic mass is 9.90. The Balaban J connectivity index is 1.69. The molecule has 4 fully saturated rings. The van der Waals surface area contributed by atoms with E-state index < -0.39 is 76.1 Å². The van der Waals surface area contributed by atoms with Crippen LogP contribution in [0.1, 0.15) is 84.5 Å². The highest BCUT2D eigenvalue weighted by molar-refractivity contribution is 7.87. The molecular weight excluding hydrogens is 617 g/mol. The molecule has 2 aliphatic carbocycles. The first kappa shape index (κ1) is 34.9. The van der Waals surface area contributed by atoms with E-state index in [1.54, 1.807) is 13.8 Å². The van der Waals surface area contributed by atoms with Gasteiger partial charge in [0.25, 0.3) is 0 Å². The molecule has 8 atom stereocenters. The van der Waals surface area contributed by atoms with Gasteiger partial charge in [-0.2, -0.15) is 21.6 Å². The first-order valence-corrected chi connectivity index (χ1v) is 16.3. The fourth-order valence-electron chi connectivity index (χ4n) is 6.39. The number of fused-ring (bicyclic) bond motifs is 1. The van der Waals surface area contributed by atoms with Crippen molar-refractivity contribution in [2.45, 2.75) is 150 Å². The molecule has 250 valence electrons. The van der Waals surface area contributed by atoms with Crippen LogP contribution in [0.2, 0.25) is 0 Å². The van der Waals surface area contributed by atoms with E-state index in [0.29, 0.717) is 51.4 Å². The zero-order chi connectivity index (χ0) is 32.2. The van der Waals surface area contributed by atoms with Crippen LogP contribution in [-0.4, -0.2) is 86.1 Å². The third-order valence-electron chi connectivity index (χ3n) is 8.59. The maximum Gasteiger partial charge on any atom is 0.523 e. The maximum absolute atomic E-state index is 13.6. The number of nitrogens with zero attached hydrogens (tertiary/aromatic N) is 6. The Bertz CT molecular complexity index is 1190. The van der Waals surface area contributed by atoms with Gasteiger partial charge in [-0.15, -0.1) is 0 Å². The van der Waals surface area contributed by atoms with Crippen LogP contribution in [0.4, 0.5) is 13.2 Å². The van der Waals surface area contributed by atoms with Gasteiger partial charge in [0.2, 0.25) is 0 Å². The van der Waals surface area contributed by atoms with Gasteiger partial charge < -0.3 is 28.8 Å². The summed E-state index contributed by atoms with van der Waals surface area (Å²) in [6, 6.07) is -2.74. The van der Waals surface area contributed by atoms with Gasteiger partial charge in [-0.3, -0.25) is 4.18 Å². The number of azide groups is 2. The molecule has 4 aliphatic rings. The molecule has 15 nitrogen and oxygen atoms in total. The van der Waals surface area contributed by atoms with Crippen molar-refractivity contribution in [2.75, 3.05) is 6.61 Å². The van der Waals surface area contributed by atoms with E-state index in [1.165, 1.54) is 0 Å². The number of ether oxygens (including phenoxy) is 5. The molecule has 0 radical (unpaired) electrons. The van der Waals surface area contributed by atoms with Gasteiger partial charge in [0.05, 0.1) is 24.9 Å². The largest absolute Gasteiger partial charge is 0.523 e. The number of hydrogen-bond donors (Lipinski definition) is 1. The zero-order valence-electron chi connectivity index (χ0n) is 24.5. The summed E-state index contributed by atoms with van der Waals surface area (Å²) in [6.45, 7) is 3.04. The monoisotopic (exact) mass is 656 g/mol. The molecule has 1 N–H and O–H groups in total. The Morgan fingerprint density at radius 1 is 1.07 bits per heavy atom. The molecule has 19 heteroatoms. The fraction of sp³-hybridized carbons (Fsp3) is 1.00. The van der Waals surface area contributed by atoms with E-state index in [2.05, 4.69) is 20.1 Å². The van der Waals surface area contributed by atoms with Gasteiger partial charge in [0.1, 0.15) is 24.4 Å². The van der Waals surface area contributed by atoms with Crippen LogP contribution in [-0.2, 0) is 38.0 Å². The predicted octanol–water partition coefficient (Wildman–Crippen LogP) is 5.23. The standard InChI is InChI=1S/C25H39F3N6O9S/c1-3-16(31-33-29)19(15(2)41-23(35)10-6-4-7-11-23)40-22-18(32-34-30)21(43-44(36,37)25(26,27)28)20-17(39-22)14-38-24(42-20)12-8-5-9-13-24/h15-22,35H,3-14H2,1-2H3/t15-,16?,17?,18?,19+,20-,21-,22-/m1/s1. The van der Waals surface area contributed by atoms with E-state index >= 15 is 0 Å². The van der Waals surface area contributed by atoms with Crippen molar-refractivity contribution in [3.8, 4) is 0 Å². The highest BCUT2D eigenvalue weighted by Gasteiger charge is 2.59. The van der Waals surface area contributed by atoms with Gasteiger partial charge in [0.15, 0.2) is 17.9 Å². The second kappa shape index (κ2) is 14.2. The van der Waals surface area contributed by atoms with Crippen LogP contribution in [0.15, 0.2) is 10.2 Å². The van der Waals surface area contributed by atoms with Gasteiger partial charge in [-0.05, 0) is 50.1 Å². The van der Waals surface area contributed by atoms with Crippen molar-refractivity contribution in [3.63, 3.8) is 0 Å². The van der Waals surface area contributed by atoms with Gasteiger partial charge in [0, 0.05) is 35.5 Å². The number of rotatable bonds is 11. The molecule has 1 spiro atoms. The van der Waals surface area contributed by atoms with E-state index in [-0.39, 0.29) is 13.0 Å². The molecule has 3 unspecified atom stereocenters. The average molecular weight is 657 g/mol. The van der Waals surface area contributed by atoms with Gasteiger partial charge in [-0.1, -0.05) is 30.0 Å². The number of halogens is 3. The smallest absolute Gasteiger partial charge is 0.365 e. The minimum absolute atomic E-state index is 0.205. The lowest BCUT2D eigenvalue weighted by Gasteiger charge is -2.53. The lowest BCUT2D eigenvalue weighted by molar-refractivity contribution is -0.386. The predicted molar refractivity (Wildman–Crippen MR) is 145 cm³/mol. The highest BCUT2D eigenvalue weighted by Crippen LogP contribution is 2.44. The molecule has 2 heterocycles. The Morgan fingerprint density at radius 2 is 1.70 bits per heavy atom. The molecule has 44 heavy (non-hydrogen) atoms. The quantitative estimate of drug-likeness (QED) is 0.0770. The molecule has 0 bridgehead atoms. The third kappa shape index (κ3) is 7.89. The van der Waals surface area contributed by atoms with E-state index in [1.807, 2.05) is 0 Å². The molecule has 0 aromatic heterocycles. The lowest BCUT2D eigenvalue weighted by Crippen LogP contribution is -2.67. The van der Waals surface area contributed by atoms with Crippen LogP contribution in [0, 0.1) is 0 Å². The minimum atomic E-state index is -6.21. The van der Waals surface area contributed by atoms with Gasteiger partial charge in [-0.25, -0.2) is 0 Å². The second-order valence-corrected chi connectivity index (χ2v) is 13.2. The first-order valence-electron chi connectivity index (χ1n) is 14.9. The number of alkyl halides is 3. The zero-order valence-corrected chi connectivity index (χ0v) is 25.4. The summed E-state index contributed by atoms with van der Waals surface area (Å²) >= 11 is 0. The third-order valence-corrected chi connectivity index (χ3v) is 9.63. The average Bonchev–Trinajstić information content (AvgIpc) is 2.96. The molecule has 2 saturated heterocycles. The Morgan fingerprint density at radius 3 is 2.27 bits per heavy atom. The van der Waals surface area contributed by atoms with Gasteiger partial charge >= 0.3 is 15.6 Å². The number of hydrogen-bond acceptors (Lipinski definition) is 11. The molecule has 0 aromatic rings. The molecular formula is C25H39F3N6O9S. The van der Waals surface area contributed by atoms with Crippen LogP contribution in [0.5, 0.6) is 0 Å². The van der Waals surface area contributed by atoms with Crippen molar-refractivity contribution >= 4 is 10.1 Å².